The molecule has 7 nitrogen and oxygen atoms in total. The van der Waals surface area contributed by atoms with Gasteiger partial charge in [-0.1, -0.05) is 6.42 Å². The zero-order valence-electron chi connectivity index (χ0n) is 13.9. The SMILES string of the molecule is O=C(C1CCCC2NNCC21)N1CCC(Nc2cccnn2)CC1. The fourth-order valence-electron chi connectivity index (χ4n) is 4.41. The van der Waals surface area contributed by atoms with Crippen molar-refractivity contribution in [2.45, 2.75) is 44.2 Å². The smallest absolute Gasteiger partial charge is 0.226 e. The molecule has 3 heterocycles. The molecule has 2 aliphatic heterocycles. The van der Waals surface area contributed by atoms with E-state index in [0.717, 1.165) is 51.1 Å². The van der Waals surface area contributed by atoms with Gasteiger partial charge in [0.2, 0.25) is 5.91 Å². The Bertz CT molecular complexity index is 559. The Morgan fingerprint density at radius 2 is 2.12 bits per heavy atom. The lowest BCUT2D eigenvalue weighted by Gasteiger charge is -2.38. The summed E-state index contributed by atoms with van der Waals surface area (Å²) >= 11 is 0. The molecule has 0 spiro atoms. The second-order valence-corrected chi connectivity index (χ2v) is 7.19. The largest absolute Gasteiger partial charge is 0.366 e. The number of aromatic nitrogens is 2. The van der Waals surface area contributed by atoms with Gasteiger partial charge in [-0.2, -0.15) is 5.10 Å². The van der Waals surface area contributed by atoms with E-state index in [1.54, 1.807) is 6.20 Å². The Kier molecular flexibility index (Phi) is 4.62. The predicted molar refractivity (Wildman–Crippen MR) is 91.0 cm³/mol. The zero-order valence-corrected chi connectivity index (χ0v) is 13.9. The summed E-state index contributed by atoms with van der Waals surface area (Å²) in [6.07, 6.45) is 7.00. The number of carbonyl (C=O) groups is 1. The third kappa shape index (κ3) is 3.23. The lowest BCUT2D eigenvalue weighted by molar-refractivity contribution is -0.139. The number of hydrogen-bond acceptors (Lipinski definition) is 6. The van der Waals surface area contributed by atoms with E-state index in [1.165, 1.54) is 6.42 Å². The van der Waals surface area contributed by atoms with Crippen LogP contribution >= 0.6 is 0 Å². The molecular formula is C17H26N6O. The molecule has 2 saturated heterocycles. The number of piperidine rings is 1. The van der Waals surface area contributed by atoms with Gasteiger partial charge in [0.25, 0.3) is 0 Å². The first kappa shape index (κ1) is 15.8. The van der Waals surface area contributed by atoms with Crippen LogP contribution in [-0.2, 0) is 4.79 Å². The molecule has 1 amide bonds. The number of nitrogens with zero attached hydrogens (tertiary/aromatic N) is 3. The van der Waals surface area contributed by atoms with Gasteiger partial charge in [0.15, 0.2) is 0 Å². The molecule has 24 heavy (non-hydrogen) atoms. The normalized spacial score (nSPS) is 30.8. The van der Waals surface area contributed by atoms with E-state index >= 15 is 0 Å². The molecule has 0 aromatic carbocycles. The molecular weight excluding hydrogens is 304 g/mol. The number of rotatable bonds is 3. The van der Waals surface area contributed by atoms with Crippen molar-refractivity contribution in [1.82, 2.24) is 25.9 Å². The summed E-state index contributed by atoms with van der Waals surface area (Å²) in [4.78, 5) is 15.1. The van der Waals surface area contributed by atoms with Gasteiger partial charge in [-0.15, -0.1) is 5.10 Å². The van der Waals surface area contributed by atoms with Crippen molar-refractivity contribution in [3.63, 3.8) is 0 Å². The Labute approximate surface area is 142 Å². The number of anilines is 1. The number of likely N-dealkylation sites (tertiary alicyclic amines) is 1. The summed E-state index contributed by atoms with van der Waals surface area (Å²) in [6.45, 7) is 2.60. The van der Waals surface area contributed by atoms with Crippen molar-refractivity contribution >= 4 is 11.7 Å². The number of fused-ring (bicyclic) bond motifs is 1. The van der Waals surface area contributed by atoms with Gasteiger partial charge >= 0.3 is 0 Å². The number of carbonyl (C=O) groups excluding carboxylic acids is 1. The highest BCUT2D eigenvalue weighted by molar-refractivity contribution is 5.79. The molecule has 3 N–H and O–H groups in total. The maximum Gasteiger partial charge on any atom is 0.226 e. The molecule has 0 radical (unpaired) electrons. The summed E-state index contributed by atoms with van der Waals surface area (Å²) in [6, 6.07) is 4.67. The number of amides is 1. The van der Waals surface area contributed by atoms with Crippen LogP contribution in [0.25, 0.3) is 0 Å². The molecule has 1 aromatic heterocycles. The molecule has 3 unspecified atom stereocenters. The third-order valence-corrected chi connectivity index (χ3v) is 5.74. The van der Waals surface area contributed by atoms with Crippen molar-refractivity contribution in [2.75, 3.05) is 25.0 Å². The minimum absolute atomic E-state index is 0.191. The summed E-state index contributed by atoms with van der Waals surface area (Å²) < 4.78 is 0. The van der Waals surface area contributed by atoms with Gasteiger partial charge in [-0.05, 0) is 37.8 Å². The van der Waals surface area contributed by atoms with Gasteiger partial charge in [0.05, 0.1) is 0 Å². The van der Waals surface area contributed by atoms with Crippen molar-refractivity contribution in [1.29, 1.82) is 0 Å². The second-order valence-electron chi connectivity index (χ2n) is 7.19. The lowest BCUT2D eigenvalue weighted by atomic mass is 9.76. The van der Waals surface area contributed by atoms with Crippen molar-refractivity contribution in [2.24, 2.45) is 11.8 Å². The molecule has 4 rings (SSSR count). The van der Waals surface area contributed by atoms with E-state index in [2.05, 4.69) is 31.3 Å². The van der Waals surface area contributed by atoms with Crippen LogP contribution < -0.4 is 16.2 Å². The number of nitrogens with one attached hydrogen (secondary N) is 3. The van der Waals surface area contributed by atoms with Crippen LogP contribution in [0.2, 0.25) is 0 Å². The van der Waals surface area contributed by atoms with Crippen LogP contribution in [0, 0.1) is 11.8 Å². The average molecular weight is 330 g/mol. The summed E-state index contributed by atoms with van der Waals surface area (Å²) in [5, 5.41) is 11.4. The third-order valence-electron chi connectivity index (χ3n) is 5.74. The standard InChI is InChI=1S/C17H26N6O/c24-17(13-3-1-4-15-14(13)11-19-21-15)23-9-6-12(7-10-23)20-16-5-2-8-18-22-16/h2,5,8,12-15,19,21H,1,3-4,6-7,9-11H2,(H,20,22). The molecule has 3 fully saturated rings. The first-order chi connectivity index (χ1) is 11.8. The highest BCUT2D eigenvalue weighted by atomic mass is 16.2. The molecule has 3 atom stereocenters. The Balaban J connectivity index is 1.31. The summed E-state index contributed by atoms with van der Waals surface area (Å²) in [5.41, 5.74) is 6.58. The Morgan fingerprint density at radius 1 is 1.25 bits per heavy atom. The molecule has 1 aliphatic carbocycles. The fourth-order valence-corrected chi connectivity index (χ4v) is 4.41. The number of hydrazine groups is 1. The van der Waals surface area contributed by atoms with Crippen molar-refractivity contribution in [3.8, 4) is 0 Å². The predicted octanol–water partition coefficient (Wildman–Crippen LogP) is 0.772. The van der Waals surface area contributed by atoms with E-state index in [-0.39, 0.29) is 5.92 Å². The first-order valence-electron chi connectivity index (χ1n) is 9.12. The Hall–Kier alpha value is -1.73. The van der Waals surface area contributed by atoms with Crippen LogP contribution in [0.5, 0.6) is 0 Å². The number of hydrogen-bond donors (Lipinski definition) is 3. The average Bonchev–Trinajstić information content (AvgIpc) is 3.11. The molecule has 0 bridgehead atoms. The van der Waals surface area contributed by atoms with Crippen LogP contribution in [-0.4, -0.2) is 52.7 Å². The van der Waals surface area contributed by atoms with Gasteiger partial charge in [0, 0.05) is 49.8 Å². The monoisotopic (exact) mass is 330 g/mol. The molecule has 7 heteroatoms. The van der Waals surface area contributed by atoms with Crippen LogP contribution in [0.4, 0.5) is 5.82 Å². The van der Waals surface area contributed by atoms with Crippen LogP contribution in [0.15, 0.2) is 18.3 Å². The minimum Gasteiger partial charge on any atom is -0.366 e. The van der Waals surface area contributed by atoms with E-state index in [4.69, 9.17) is 0 Å². The zero-order chi connectivity index (χ0) is 16.4. The van der Waals surface area contributed by atoms with Gasteiger partial charge in [-0.25, -0.2) is 0 Å². The van der Waals surface area contributed by atoms with Crippen LogP contribution in [0.1, 0.15) is 32.1 Å². The maximum absolute atomic E-state index is 13.0. The highest BCUT2D eigenvalue weighted by Crippen LogP contribution is 2.34. The molecule has 1 aromatic rings. The molecule has 130 valence electrons. The van der Waals surface area contributed by atoms with Gasteiger partial charge in [0.1, 0.15) is 5.82 Å². The second kappa shape index (κ2) is 7.03. The van der Waals surface area contributed by atoms with Gasteiger partial charge in [-0.3, -0.25) is 15.6 Å². The fraction of sp³-hybridized carbons (Fsp3) is 0.706. The summed E-state index contributed by atoms with van der Waals surface area (Å²) in [7, 11) is 0. The maximum atomic E-state index is 13.0. The Morgan fingerprint density at radius 3 is 2.92 bits per heavy atom. The summed E-state index contributed by atoms with van der Waals surface area (Å²) in [5.74, 6) is 1.84. The first-order valence-corrected chi connectivity index (χ1v) is 9.12. The quantitative estimate of drug-likeness (QED) is 0.759. The molecule has 1 saturated carbocycles. The lowest BCUT2D eigenvalue weighted by Crippen LogP contribution is -2.49. The van der Waals surface area contributed by atoms with E-state index in [1.807, 2.05) is 12.1 Å². The van der Waals surface area contributed by atoms with Crippen LogP contribution in [0.3, 0.4) is 0 Å². The van der Waals surface area contributed by atoms with Crippen molar-refractivity contribution < 1.29 is 4.79 Å². The van der Waals surface area contributed by atoms with Gasteiger partial charge < -0.3 is 10.2 Å². The molecule has 3 aliphatic rings. The van der Waals surface area contributed by atoms with E-state index in [0.29, 0.717) is 23.9 Å². The topological polar surface area (TPSA) is 82.2 Å². The minimum atomic E-state index is 0.191. The van der Waals surface area contributed by atoms with Crippen molar-refractivity contribution in [3.05, 3.63) is 18.3 Å². The van der Waals surface area contributed by atoms with E-state index in [9.17, 15) is 4.79 Å². The highest BCUT2D eigenvalue weighted by Gasteiger charge is 2.42. The van der Waals surface area contributed by atoms with E-state index < -0.39 is 0 Å².